The summed E-state index contributed by atoms with van der Waals surface area (Å²) in [6.07, 6.45) is 0.128. The summed E-state index contributed by atoms with van der Waals surface area (Å²) < 4.78 is 25.9. The van der Waals surface area contributed by atoms with Crippen LogP contribution in [0.15, 0.2) is 12.1 Å². The molecule has 0 aliphatic rings. The van der Waals surface area contributed by atoms with Gasteiger partial charge in [0.25, 0.3) is 5.91 Å². The summed E-state index contributed by atoms with van der Waals surface area (Å²) in [5, 5.41) is 10.8. The predicted octanol–water partition coefficient (Wildman–Crippen LogP) is 2.60. The van der Waals surface area contributed by atoms with Crippen LogP contribution in [0, 0.1) is 11.6 Å². The van der Waals surface area contributed by atoms with E-state index in [0.29, 0.717) is 18.6 Å². The van der Waals surface area contributed by atoms with Gasteiger partial charge in [-0.1, -0.05) is 18.5 Å². The van der Waals surface area contributed by atoms with Gasteiger partial charge in [0.05, 0.1) is 17.0 Å². The molecule has 1 aromatic rings. The summed E-state index contributed by atoms with van der Waals surface area (Å²) in [6, 6.07) is 0.777. The Bertz CT molecular complexity index is 508. The van der Waals surface area contributed by atoms with Crippen LogP contribution in [-0.2, 0) is 4.79 Å². The zero-order valence-electron chi connectivity index (χ0n) is 10.0. The molecule has 0 fully saturated rings. The molecule has 0 saturated carbocycles. The van der Waals surface area contributed by atoms with Gasteiger partial charge in [0.2, 0.25) is 0 Å². The van der Waals surface area contributed by atoms with Crippen LogP contribution < -0.4 is 5.32 Å². The second-order valence-electron chi connectivity index (χ2n) is 3.92. The third-order valence-corrected chi connectivity index (χ3v) is 2.82. The van der Waals surface area contributed by atoms with E-state index in [-0.39, 0.29) is 17.0 Å². The molecule has 1 amide bonds. The van der Waals surface area contributed by atoms with E-state index in [1.54, 1.807) is 6.92 Å². The number of hydrogen-bond acceptors (Lipinski definition) is 2. The smallest absolute Gasteiger partial charge is 0.305 e. The molecular formula is C12H12ClF2NO3. The van der Waals surface area contributed by atoms with E-state index in [2.05, 4.69) is 5.32 Å². The minimum absolute atomic E-state index is 0.232. The van der Waals surface area contributed by atoms with Crippen molar-refractivity contribution in [1.82, 2.24) is 5.32 Å². The molecule has 0 bridgehead atoms. The minimum atomic E-state index is -1.19. The van der Waals surface area contributed by atoms with Gasteiger partial charge < -0.3 is 10.4 Å². The Morgan fingerprint density at radius 2 is 1.95 bits per heavy atom. The Morgan fingerprint density at radius 1 is 1.37 bits per heavy atom. The quantitative estimate of drug-likeness (QED) is 0.820. The third kappa shape index (κ3) is 4.17. The van der Waals surface area contributed by atoms with E-state index < -0.39 is 29.6 Å². The van der Waals surface area contributed by atoms with Gasteiger partial charge in [-0.05, 0) is 18.6 Å². The summed E-state index contributed by atoms with van der Waals surface area (Å²) in [5.74, 6) is -4.15. The average molecular weight is 292 g/mol. The van der Waals surface area contributed by atoms with Crippen molar-refractivity contribution in [3.63, 3.8) is 0 Å². The van der Waals surface area contributed by atoms with Crippen LogP contribution in [0.5, 0.6) is 0 Å². The summed E-state index contributed by atoms with van der Waals surface area (Å²) >= 11 is 5.64. The number of halogens is 3. The zero-order chi connectivity index (χ0) is 14.6. The zero-order valence-corrected chi connectivity index (χ0v) is 10.8. The van der Waals surface area contributed by atoms with Crippen molar-refractivity contribution in [2.75, 3.05) is 0 Å². The Morgan fingerprint density at radius 3 is 2.47 bits per heavy atom. The van der Waals surface area contributed by atoms with Gasteiger partial charge in [-0.2, -0.15) is 0 Å². The van der Waals surface area contributed by atoms with Crippen LogP contribution in [-0.4, -0.2) is 23.0 Å². The number of amides is 1. The Labute approximate surface area is 113 Å². The second-order valence-corrected chi connectivity index (χ2v) is 4.33. The molecule has 1 aromatic carbocycles. The van der Waals surface area contributed by atoms with Crippen LogP contribution in [0.25, 0.3) is 0 Å². The van der Waals surface area contributed by atoms with Gasteiger partial charge in [-0.25, -0.2) is 8.78 Å². The van der Waals surface area contributed by atoms with Crippen molar-refractivity contribution < 1.29 is 23.5 Å². The highest BCUT2D eigenvalue weighted by atomic mass is 35.5. The fourth-order valence-electron chi connectivity index (χ4n) is 1.47. The molecule has 1 atom stereocenters. The van der Waals surface area contributed by atoms with Crippen molar-refractivity contribution in [3.8, 4) is 0 Å². The van der Waals surface area contributed by atoms with Crippen LogP contribution in [0.2, 0.25) is 5.02 Å². The molecular weight excluding hydrogens is 280 g/mol. The Hall–Kier alpha value is -1.69. The number of carboxylic acids is 1. The van der Waals surface area contributed by atoms with Crippen LogP contribution in [0.3, 0.4) is 0 Å². The van der Waals surface area contributed by atoms with Crippen molar-refractivity contribution >= 4 is 23.5 Å². The lowest BCUT2D eigenvalue weighted by molar-refractivity contribution is -0.137. The molecule has 0 radical (unpaired) electrons. The molecule has 0 aliphatic heterocycles. The molecule has 0 spiro atoms. The van der Waals surface area contributed by atoms with Gasteiger partial charge >= 0.3 is 5.97 Å². The lowest BCUT2D eigenvalue weighted by Crippen LogP contribution is -2.36. The number of carboxylic acid groups (broad SMARTS) is 1. The molecule has 2 N–H and O–H groups in total. The molecule has 19 heavy (non-hydrogen) atoms. The molecule has 4 nitrogen and oxygen atoms in total. The van der Waals surface area contributed by atoms with Crippen LogP contribution in [0.4, 0.5) is 8.78 Å². The SMILES string of the molecule is CCC(CC(=O)O)NC(=O)c1cc(F)c(F)cc1Cl. The molecule has 0 heterocycles. The molecule has 1 unspecified atom stereocenters. The summed E-state index contributed by atoms with van der Waals surface area (Å²) in [7, 11) is 0. The fraction of sp³-hybridized carbons (Fsp3) is 0.333. The van der Waals surface area contributed by atoms with Gasteiger partial charge in [-0.15, -0.1) is 0 Å². The van der Waals surface area contributed by atoms with Gasteiger partial charge in [-0.3, -0.25) is 9.59 Å². The van der Waals surface area contributed by atoms with Gasteiger partial charge in [0.15, 0.2) is 11.6 Å². The number of carbonyl (C=O) groups is 2. The highest BCUT2D eigenvalue weighted by molar-refractivity contribution is 6.33. The third-order valence-electron chi connectivity index (χ3n) is 2.50. The Balaban J connectivity index is 2.88. The topological polar surface area (TPSA) is 66.4 Å². The monoisotopic (exact) mass is 291 g/mol. The van der Waals surface area contributed by atoms with Crippen molar-refractivity contribution in [3.05, 3.63) is 34.4 Å². The average Bonchev–Trinajstić information content (AvgIpc) is 2.32. The van der Waals surface area contributed by atoms with Gasteiger partial charge in [0, 0.05) is 6.04 Å². The standard InChI is InChI=1S/C12H12ClF2NO3/c1-2-6(3-11(17)18)16-12(19)7-4-9(14)10(15)5-8(7)13/h4-6H,2-3H2,1H3,(H,16,19)(H,17,18). The maximum Gasteiger partial charge on any atom is 0.305 e. The normalized spacial score (nSPS) is 12.0. The lowest BCUT2D eigenvalue weighted by Gasteiger charge is -2.15. The van der Waals surface area contributed by atoms with E-state index in [4.69, 9.17) is 16.7 Å². The summed E-state index contributed by atoms with van der Waals surface area (Å²) in [4.78, 5) is 22.4. The maximum absolute atomic E-state index is 13.0. The number of rotatable bonds is 5. The molecule has 7 heteroatoms. The first-order valence-electron chi connectivity index (χ1n) is 5.52. The fourth-order valence-corrected chi connectivity index (χ4v) is 1.70. The molecule has 0 saturated heterocycles. The van der Waals surface area contributed by atoms with Gasteiger partial charge in [0.1, 0.15) is 0 Å². The molecule has 0 aliphatic carbocycles. The van der Waals surface area contributed by atoms with E-state index >= 15 is 0 Å². The number of aliphatic carboxylic acids is 1. The van der Waals surface area contributed by atoms with Crippen molar-refractivity contribution in [2.45, 2.75) is 25.8 Å². The first-order valence-corrected chi connectivity index (χ1v) is 5.90. The summed E-state index contributed by atoms with van der Waals surface area (Å²) in [6.45, 7) is 1.70. The van der Waals surface area contributed by atoms with E-state index in [0.717, 1.165) is 0 Å². The van der Waals surface area contributed by atoms with E-state index in [1.165, 1.54) is 0 Å². The van der Waals surface area contributed by atoms with E-state index in [9.17, 15) is 18.4 Å². The lowest BCUT2D eigenvalue weighted by atomic mass is 10.1. The minimum Gasteiger partial charge on any atom is -0.481 e. The maximum atomic E-state index is 13.0. The highest BCUT2D eigenvalue weighted by Crippen LogP contribution is 2.20. The Kier molecular flexibility index (Phi) is 5.23. The van der Waals surface area contributed by atoms with Crippen molar-refractivity contribution in [2.24, 2.45) is 0 Å². The summed E-state index contributed by atoms with van der Waals surface area (Å²) in [5.41, 5.74) is -0.232. The molecule has 104 valence electrons. The first-order chi connectivity index (χ1) is 8.85. The van der Waals surface area contributed by atoms with Crippen molar-refractivity contribution in [1.29, 1.82) is 0 Å². The second kappa shape index (κ2) is 6.47. The highest BCUT2D eigenvalue weighted by Gasteiger charge is 2.19. The number of nitrogens with one attached hydrogen (secondary N) is 1. The van der Waals surface area contributed by atoms with Crippen LogP contribution in [0.1, 0.15) is 30.1 Å². The molecule has 1 rings (SSSR count). The number of hydrogen-bond donors (Lipinski definition) is 2. The van der Waals surface area contributed by atoms with Crippen LogP contribution >= 0.6 is 11.6 Å². The number of carbonyl (C=O) groups excluding carboxylic acids is 1. The molecule has 0 aromatic heterocycles. The largest absolute Gasteiger partial charge is 0.481 e. The first kappa shape index (κ1) is 15.4. The predicted molar refractivity (Wildman–Crippen MR) is 65.2 cm³/mol. The number of benzene rings is 1. The van der Waals surface area contributed by atoms with E-state index in [1.807, 2.05) is 0 Å².